The molecular weight excluding hydrogens is 405 g/mol. The Morgan fingerprint density at radius 3 is 2.56 bits per heavy atom. The van der Waals surface area contributed by atoms with E-state index < -0.39 is 0 Å². The van der Waals surface area contributed by atoms with Gasteiger partial charge < -0.3 is 10.6 Å². The van der Waals surface area contributed by atoms with E-state index in [4.69, 9.17) is 0 Å². The molecule has 1 aliphatic carbocycles. The van der Waals surface area contributed by atoms with Crippen LogP contribution >= 0.6 is 36.2 Å². The van der Waals surface area contributed by atoms with Gasteiger partial charge in [-0.2, -0.15) is 5.10 Å². The number of nitrogens with zero attached hydrogens (tertiary/aromatic N) is 3. The molecule has 6 nitrogen and oxygen atoms in total. The Hall–Kier alpha value is -1.15. The maximum Gasteiger partial charge on any atom is 0.263 e. The summed E-state index contributed by atoms with van der Waals surface area (Å²) >= 11 is 1.43. The van der Waals surface area contributed by atoms with Crippen LogP contribution in [-0.4, -0.2) is 39.8 Å². The molecule has 27 heavy (non-hydrogen) atoms. The molecular formula is C18H29Cl2N5OS. The van der Waals surface area contributed by atoms with Crippen LogP contribution in [-0.2, 0) is 7.05 Å². The summed E-state index contributed by atoms with van der Waals surface area (Å²) in [6.45, 7) is 3.35. The van der Waals surface area contributed by atoms with E-state index in [1.165, 1.54) is 49.9 Å². The monoisotopic (exact) mass is 433 g/mol. The number of aromatic nitrogens is 3. The highest BCUT2D eigenvalue weighted by atomic mass is 35.5. The molecule has 0 atom stereocenters. The smallest absolute Gasteiger partial charge is 0.263 e. The van der Waals surface area contributed by atoms with Crippen LogP contribution in [0.15, 0.2) is 12.4 Å². The summed E-state index contributed by atoms with van der Waals surface area (Å²) in [5.74, 6) is -0.0344. The van der Waals surface area contributed by atoms with Crippen molar-refractivity contribution in [3.05, 3.63) is 23.0 Å². The highest BCUT2D eigenvalue weighted by Gasteiger charge is 2.17. The lowest BCUT2D eigenvalue weighted by Crippen LogP contribution is -2.36. The zero-order valence-corrected chi connectivity index (χ0v) is 18.3. The van der Waals surface area contributed by atoms with Gasteiger partial charge in [-0.3, -0.25) is 9.48 Å². The van der Waals surface area contributed by atoms with Crippen molar-refractivity contribution < 1.29 is 4.79 Å². The predicted molar refractivity (Wildman–Crippen MR) is 115 cm³/mol. The Balaban J connectivity index is 0.00000182. The number of rotatable bonds is 6. The van der Waals surface area contributed by atoms with Crippen molar-refractivity contribution in [1.82, 2.24) is 25.4 Å². The SMILES string of the molecule is Cc1nc(-c2cnn(C)c2)sc1C(=O)NCCNC1CCCCCC1.Cl.Cl. The molecule has 1 amide bonds. The maximum absolute atomic E-state index is 12.4. The molecule has 2 aromatic rings. The Labute approximate surface area is 177 Å². The predicted octanol–water partition coefficient (Wildman–Crippen LogP) is 3.74. The zero-order valence-electron chi connectivity index (χ0n) is 15.9. The molecule has 0 spiro atoms. The number of hydrogen-bond acceptors (Lipinski definition) is 5. The molecule has 0 aliphatic heterocycles. The molecule has 0 aromatic carbocycles. The van der Waals surface area contributed by atoms with Gasteiger partial charge in [0, 0.05) is 37.9 Å². The second kappa shape index (κ2) is 11.6. The minimum atomic E-state index is -0.0344. The molecule has 0 bridgehead atoms. The lowest BCUT2D eigenvalue weighted by molar-refractivity contribution is 0.0956. The largest absolute Gasteiger partial charge is 0.350 e. The van der Waals surface area contributed by atoms with Crippen molar-refractivity contribution in [2.75, 3.05) is 13.1 Å². The van der Waals surface area contributed by atoms with Crippen molar-refractivity contribution in [2.45, 2.75) is 51.5 Å². The van der Waals surface area contributed by atoms with E-state index in [1.54, 1.807) is 10.9 Å². The molecule has 1 saturated carbocycles. The van der Waals surface area contributed by atoms with E-state index >= 15 is 0 Å². The van der Waals surface area contributed by atoms with Crippen LogP contribution < -0.4 is 10.6 Å². The molecule has 2 aromatic heterocycles. The number of carbonyl (C=O) groups is 1. The molecule has 2 heterocycles. The summed E-state index contributed by atoms with van der Waals surface area (Å²) < 4.78 is 1.74. The van der Waals surface area contributed by atoms with Crippen LogP contribution in [0.25, 0.3) is 10.6 Å². The summed E-state index contributed by atoms with van der Waals surface area (Å²) in [6, 6.07) is 0.613. The molecule has 152 valence electrons. The fourth-order valence-electron chi connectivity index (χ4n) is 3.28. The number of nitrogens with one attached hydrogen (secondary N) is 2. The van der Waals surface area contributed by atoms with Crippen molar-refractivity contribution in [1.29, 1.82) is 0 Å². The normalized spacial score (nSPS) is 14.7. The Kier molecular flexibility index (Phi) is 10.3. The molecule has 0 saturated heterocycles. The second-order valence-corrected chi connectivity index (χ2v) is 7.73. The van der Waals surface area contributed by atoms with Crippen molar-refractivity contribution in [3.63, 3.8) is 0 Å². The minimum absolute atomic E-state index is 0. The Morgan fingerprint density at radius 2 is 1.93 bits per heavy atom. The zero-order chi connectivity index (χ0) is 17.6. The highest BCUT2D eigenvalue weighted by molar-refractivity contribution is 7.17. The summed E-state index contributed by atoms with van der Waals surface area (Å²) in [6.07, 6.45) is 11.6. The van der Waals surface area contributed by atoms with Gasteiger partial charge in [-0.05, 0) is 19.8 Å². The maximum atomic E-state index is 12.4. The number of thiazole rings is 1. The fourth-order valence-corrected chi connectivity index (χ4v) is 4.24. The molecule has 0 radical (unpaired) electrons. The van der Waals surface area contributed by atoms with Gasteiger partial charge in [0.15, 0.2) is 0 Å². The third kappa shape index (κ3) is 6.75. The number of hydrogen-bond donors (Lipinski definition) is 2. The van der Waals surface area contributed by atoms with Crippen LogP contribution in [0.3, 0.4) is 0 Å². The average Bonchev–Trinajstić information content (AvgIpc) is 3.09. The first-order valence-electron chi connectivity index (χ1n) is 9.11. The van der Waals surface area contributed by atoms with Gasteiger partial charge in [0.25, 0.3) is 5.91 Å². The molecule has 1 aliphatic rings. The number of amides is 1. The van der Waals surface area contributed by atoms with E-state index in [-0.39, 0.29) is 30.7 Å². The summed E-state index contributed by atoms with van der Waals surface area (Å²) in [4.78, 5) is 17.6. The van der Waals surface area contributed by atoms with E-state index in [1.807, 2.05) is 20.2 Å². The summed E-state index contributed by atoms with van der Waals surface area (Å²) in [5, 5.41) is 11.6. The average molecular weight is 434 g/mol. The van der Waals surface area contributed by atoms with Crippen LogP contribution in [0.5, 0.6) is 0 Å². The van der Waals surface area contributed by atoms with Crippen LogP contribution in [0.1, 0.15) is 53.9 Å². The fraction of sp³-hybridized carbons (Fsp3) is 0.611. The topological polar surface area (TPSA) is 71.8 Å². The summed E-state index contributed by atoms with van der Waals surface area (Å²) in [5.41, 5.74) is 1.72. The van der Waals surface area contributed by atoms with E-state index in [9.17, 15) is 4.79 Å². The van der Waals surface area contributed by atoms with Crippen molar-refractivity contribution >= 4 is 42.1 Å². The minimum Gasteiger partial charge on any atom is -0.350 e. The molecule has 9 heteroatoms. The van der Waals surface area contributed by atoms with Crippen LogP contribution in [0.4, 0.5) is 0 Å². The first-order valence-corrected chi connectivity index (χ1v) is 9.93. The van der Waals surface area contributed by atoms with Crippen LogP contribution in [0, 0.1) is 6.92 Å². The van der Waals surface area contributed by atoms with Gasteiger partial charge in [0.05, 0.1) is 11.9 Å². The van der Waals surface area contributed by atoms with Crippen molar-refractivity contribution in [3.8, 4) is 10.6 Å². The second-order valence-electron chi connectivity index (χ2n) is 6.73. The lowest BCUT2D eigenvalue weighted by Gasteiger charge is -2.16. The Morgan fingerprint density at radius 1 is 1.22 bits per heavy atom. The third-order valence-electron chi connectivity index (χ3n) is 4.65. The summed E-state index contributed by atoms with van der Waals surface area (Å²) in [7, 11) is 1.87. The van der Waals surface area contributed by atoms with Crippen molar-refractivity contribution in [2.24, 2.45) is 7.05 Å². The van der Waals surface area contributed by atoms with Gasteiger partial charge >= 0.3 is 0 Å². The first-order chi connectivity index (χ1) is 12.1. The first kappa shape index (κ1) is 23.9. The quantitative estimate of drug-likeness (QED) is 0.537. The van der Waals surface area contributed by atoms with E-state index in [2.05, 4.69) is 20.7 Å². The lowest BCUT2D eigenvalue weighted by atomic mass is 10.1. The van der Waals surface area contributed by atoms with Gasteiger partial charge in [-0.25, -0.2) is 4.98 Å². The standard InChI is InChI=1S/C18H27N5OS.2ClH/c1-13-16(25-18(22-13)14-11-21-23(2)12-14)17(24)20-10-9-19-15-7-5-3-4-6-8-15;;/h11-12,15,19H,3-10H2,1-2H3,(H,20,24);2*1H. The van der Waals surface area contributed by atoms with E-state index in [0.29, 0.717) is 17.5 Å². The van der Waals surface area contributed by atoms with Gasteiger partial charge in [-0.15, -0.1) is 36.2 Å². The number of halogens is 2. The van der Waals surface area contributed by atoms with E-state index in [0.717, 1.165) is 22.8 Å². The van der Waals surface area contributed by atoms with Gasteiger partial charge in [0.2, 0.25) is 0 Å². The molecule has 3 rings (SSSR count). The number of carbonyl (C=O) groups excluding carboxylic acids is 1. The van der Waals surface area contributed by atoms with Gasteiger partial charge in [0.1, 0.15) is 9.88 Å². The molecule has 0 unspecified atom stereocenters. The number of aryl methyl sites for hydroxylation is 2. The molecule has 2 N–H and O–H groups in total. The van der Waals surface area contributed by atoms with Crippen LogP contribution in [0.2, 0.25) is 0 Å². The molecule has 1 fully saturated rings. The van der Waals surface area contributed by atoms with Gasteiger partial charge in [-0.1, -0.05) is 25.7 Å². The third-order valence-corrected chi connectivity index (χ3v) is 5.86. The highest BCUT2D eigenvalue weighted by Crippen LogP contribution is 2.27. The Bertz CT molecular complexity index is 710.